The Morgan fingerprint density at radius 1 is 0.318 bits per heavy atom. The first-order valence-corrected chi connectivity index (χ1v) is 22.1. The van der Waals surface area contributed by atoms with E-state index in [-0.39, 0.29) is 0 Å². The molecule has 0 aliphatic rings. The molecule has 66 heavy (non-hydrogen) atoms. The highest BCUT2D eigenvalue weighted by atomic mass is 16.3. The van der Waals surface area contributed by atoms with Gasteiger partial charge in [-0.25, -0.2) is 15.0 Å². The maximum absolute atomic E-state index is 6.68. The van der Waals surface area contributed by atoms with Gasteiger partial charge in [0.2, 0.25) is 0 Å². The highest BCUT2D eigenvalue weighted by Gasteiger charge is 2.27. The van der Waals surface area contributed by atoms with Crippen molar-refractivity contribution in [1.29, 1.82) is 0 Å². The summed E-state index contributed by atoms with van der Waals surface area (Å²) in [7, 11) is 0. The van der Waals surface area contributed by atoms with Crippen LogP contribution in [0, 0.1) is 0 Å². The summed E-state index contributed by atoms with van der Waals surface area (Å²) in [6.45, 7) is 0. The van der Waals surface area contributed by atoms with Crippen molar-refractivity contribution in [3.8, 4) is 39.9 Å². The highest BCUT2D eigenvalue weighted by molar-refractivity contribution is 6.24. The molecule has 5 aromatic heterocycles. The van der Waals surface area contributed by atoms with E-state index in [9.17, 15) is 0 Å². The Hall–Kier alpha value is -9.07. The van der Waals surface area contributed by atoms with Gasteiger partial charge >= 0.3 is 0 Å². The third-order valence-corrected chi connectivity index (χ3v) is 13.4. The molecule has 0 fully saturated rings. The fourth-order valence-electron chi connectivity index (χ4n) is 10.5. The molecule has 7 heteroatoms. The van der Waals surface area contributed by atoms with E-state index in [1.54, 1.807) is 0 Å². The Bertz CT molecular complexity index is 4420. The van der Waals surface area contributed by atoms with Crippen LogP contribution in [-0.2, 0) is 0 Å². The van der Waals surface area contributed by atoms with Crippen molar-refractivity contribution < 1.29 is 13.3 Å². The van der Waals surface area contributed by atoms with Crippen molar-refractivity contribution in [1.82, 2.24) is 19.5 Å². The molecule has 0 N–H and O–H groups in total. The van der Waals surface area contributed by atoms with Gasteiger partial charge in [0.1, 0.15) is 33.5 Å². The van der Waals surface area contributed by atoms with E-state index in [2.05, 4.69) is 126 Å². The molecule has 0 aliphatic heterocycles. The first kappa shape index (κ1) is 35.4. The number of hydrogen-bond donors (Lipinski definition) is 0. The molecule has 0 atom stereocenters. The Morgan fingerprint density at radius 3 is 1.52 bits per heavy atom. The molecular weight excluding hydrogens is 813 g/mol. The maximum Gasteiger partial charge on any atom is 0.167 e. The fraction of sp³-hybridized carbons (Fsp3) is 0. The van der Waals surface area contributed by atoms with Crippen LogP contribution in [0.4, 0.5) is 0 Å². The van der Waals surface area contributed by atoms with E-state index in [0.29, 0.717) is 28.6 Å². The molecule has 0 saturated heterocycles. The van der Waals surface area contributed by atoms with Crippen LogP contribution in [0.2, 0.25) is 0 Å². The summed E-state index contributed by atoms with van der Waals surface area (Å²) >= 11 is 0. The van der Waals surface area contributed by atoms with Crippen molar-refractivity contribution in [3.05, 3.63) is 194 Å². The second kappa shape index (κ2) is 13.2. The zero-order valence-corrected chi connectivity index (χ0v) is 35.0. The van der Waals surface area contributed by atoms with E-state index >= 15 is 0 Å². The minimum atomic E-state index is 0.475. The molecule has 0 saturated carbocycles. The van der Waals surface area contributed by atoms with Crippen molar-refractivity contribution in [2.24, 2.45) is 0 Å². The first-order chi connectivity index (χ1) is 32.7. The number of aromatic nitrogens is 4. The Kier molecular flexibility index (Phi) is 7.10. The monoisotopic (exact) mass is 844 g/mol. The number of furan rings is 3. The Morgan fingerprint density at radius 2 is 0.848 bits per heavy atom. The SMILES string of the molecule is c1ccc2cc3c(cc2c1)c1c2ccccc2ccc1n3-c1ccc2oc3ccccc3c2c1-c1nc(-c2cccc3c2oc2ccccc23)nc(-c2cccc3c2oc2ccccc23)n1. The van der Waals surface area contributed by atoms with Gasteiger partial charge in [-0.05, 0) is 82.2 Å². The van der Waals surface area contributed by atoms with Gasteiger partial charge in [-0.2, -0.15) is 0 Å². The molecule has 0 bridgehead atoms. The topological polar surface area (TPSA) is 83.0 Å². The second-order valence-electron chi connectivity index (χ2n) is 17.0. The molecule has 0 spiro atoms. The molecular formula is C59H32N4O3. The molecule has 0 radical (unpaired) electrons. The van der Waals surface area contributed by atoms with Crippen LogP contribution in [0.25, 0.3) is 149 Å². The zero-order valence-electron chi connectivity index (χ0n) is 35.0. The molecule has 10 aromatic carbocycles. The van der Waals surface area contributed by atoms with E-state index < -0.39 is 0 Å². The van der Waals surface area contributed by atoms with Gasteiger partial charge in [-0.1, -0.05) is 133 Å². The molecule has 0 aliphatic carbocycles. The molecule has 306 valence electrons. The lowest BCUT2D eigenvalue weighted by molar-refractivity contribution is 0.668. The third kappa shape index (κ3) is 4.93. The van der Waals surface area contributed by atoms with Gasteiger partial charge in [0, 0.05) is 43.1 Å². The lowest BCUT2D eigenvalue weighted by Gasteiger charge is -2.16. The number of fused-ring (bicyclic) bond motifs is 15. The number of rotatable bonds is 4. The minimum Gasteiger partial charge on any atom is -0.456 e. The summed E-state index contributed by atoms with van der Waals surface area (Å²) in [6, 6.07) is 67.4. The van der Waals surface area contributed by atoms with Crippen molar-refractivity contribution in [3.63, 3.8) is 0 Å². The van der Waals surface area contributed by atoms with E-state index in [1.807, 2.05) is 72.8 Å². The average Bonchev–Trinajstić information content (AvgIpc) is 4.14. The lowest BCUT2D eigenvalue weighted by Crippen LogP contribution is -2.04. The normalized spacial score (nSPS) is 12.2. The summed E-state index contributed by atoms with van der Waals surface area (Å²) in [5, 5.41) is 12.9. The van der Waals surface area contributed by atoms with Crippen LogP contribution in [-0.4, -0.2) is 19.5 Å². The standard InChI is InChI=1S/C59H32N4O3/c1-2-15-35-32-47-44(31-34(35)14-1)52-36-16-4-3-13-33(36)27-28-45(52)63(47)46-29-30-51-53(41-19-7-10-26-50(41)64-51)54(46)59-61-57(42-22-11-20-39-37-17-5-8-24-48(37)65-55(39)42)60-58(62-59)43-23-12-21-40-38-18-6-9-25-49(38)66-56(40)43/h1-32H. The fourth-order valence-corrected chi connectivity index (χ4v) is 10.5. The van der Waals surface area contributed by atoms with Crippen molar-refractivity contribution in [2.75, 3.05) is 0 Å². The number of benzene rings is 10. The molecule has 0 unspecified atom stereocenters. The Labute approximate surface area is 374 Å². The van der Waals surface area contributed by atoms with Gasteiger partial charge < -0.3 is 17.8 Å². The molecule has 15 rings (SSSR count). The summed E-state index contributed by atoms with van der Waals surface area (Å²) in [6.07, 6.45) is 0. The van der Waals surface area contributed by atoms with Crippen LogP contribution in [0.15, 0.2) is 207 Å². The Balaban J connectivity index is 1.11. The molecule has 0 amide bonds. The molecule has 15 aromatic rings. The zero-order chi connectivity index (χ0) is 43.0. The largest absolute Gasteiger partial charge is 0.456 e. The summed E-state index contributed by atoms with van der Waals surface area (Å²) in [5.41, 5.74) is 9.89. The maximum atomic E-state index is 6.68. The van der Waals surface area contributed by atoms with Gasteiger partial charge in [0.15, 0.2) is 17.5 Å². The van der Waals surface area contributed by atoms with Crippen LogP contribution in [0.1, 0.15) is 0 Å². The molecule has 5 heterocycles. The minimum absolute atomic E-state index is 0.475. The van der Waals surface area contributed by atoms with Crippen molar-refractivity contribution in [2.45, 2.75) is 0 Å². The van der Waals surface area contributed by atoms with Gasteiger partial charge in [-0.15, -0.1) is 0 Å². The van der Waals surface area contributed by atoms with Gasteiger partial charge in [0.05, 0.1) is 33.4 Å². The first-order valence-electron chi connectivity index (χ1n) is 22.1. The van der Waals surface area contributed by atoms with Crippen molar-refractivity contribution >= 4 is 109 Å². The van der Waals surface area contributed by atoms with Crippen LogP contribution >= 0.6 is 0 Å². The summed E-state index contributed by atoms with van der Waals surface area (Å²) < 4.78 is 22.4. The smallest absolute Gasteiger partial charge is 0.167 e. The number of nitrogens with zero attached hydrogens (tertiary/aromatic N) is 4. The third-order valence-electron chi connectivity index (χ3n) is 13.4. The van der Waals surface area contributed by atoms with E-state index in [1.165, 1.54) is 21.5 Å². The van der Waals surface area contributed by atoms with Crippen LogP contribution in [0.5, 0.6) is 0 Å². The van der Waals surface area contributed by atoms with Crippen LogP contribution in [0.3, 0.4) is 0 Å². The summed E-state index contributed by atoms with van der Waals surface area (Å²) in [4.78, 5) is 16.4. The van der Waals surface area contributed by atoms with Gasteiger partial charge in [-0.3, -0.25) is 0 Å². The number of hydrogen-bond acceptors (Lipinski definition) is 6. The van der Waals surface area contributed by atoms with E-state index in [0.717, 1.165) is 98.8 Å². The average molecular weight is 845 g/mol. The predicted molar refractivity (Wildman–Crippen MR) is 267 cm³/mol. The van der Waals surface area contributed by atoms with Gasteiger partial charge in [0.25, 0.3) is 0 Å². The summed E-state index contributed by atoms with van der Waals surface area (Å²) in [5.74, 6) is 1.44. The highest BCUT2D eigenvalue weighted by Crippen LogP contribution is 2.46. The molecule has 7 nitrogen and oxygen atoms in total. The van der Waals surface area contributed by atoms with Crippen LogP contribution < -0.4 is 0 Å². The second-order valence-corrected chi connectivity index (χ2v) is 17.0. The number of para-hydroxylation sites is 5. The predicted octanol–water partition coefficient (Wildman–Crippen LogP) is 16.0. The lowest BCUT2D eigenvalue weighted by atomic mass is 10.0. The van der Waals surface area contributed by atoms with E-state index in [4.69, 9.17) is 28.2 Å². The quantitative estimate of drug-likeness (QED) is 0.175.